The van der Waals surface area contributed by atoms with Gasteiger partial charge in [-0.05, 0) is 77.6 Å². The lowest BCUT2D eigenvalue weighted by atomic mass is 10.0. The summed E-state index contributed by atoms with van der Waals surface area (Å²) in [5.41, 5.74) is 5.41. The van der Waals surface area contributed by atoms with Crippen LogP contribution in [-0.2, 0) is 6.54 Å². The molecule has 7 heteroatoms. The Balaban J connectivity index is 1.34. The van der Waals surface area contributed by atoms with Crippen LogP contribution in [0.25, 0.3) is 22.3 Å². The van der Waals surface area contributed by atoms with Crippen LogP contribution in [0.15, 0.2) is 96.1 Å². The SMILES string of the molecule is CCn1cc(C(=O)Nc2ccc(C3=CCC(c4ccc(OC)c(OC)c4)=C3)cc2)c(=O)c(-c2ccc(F)cc2)c1. The van der Waals surface area contributed by atoms with Crippen molar-refractivity contribution in [3.63, 3.8) is 0 Å². The molecule has 1 aliphatic carbocycles. The Morgan fingerprint density at radius 1 is 0.900 bits per heavy atom. The molecule has 0 fully saturated rings. The van der Waals surface area contributed by atoms with Gasteiger partial charge < -0.3 is 19.4 Å². The molecule has 0 spiro atoms. The Hall–Kier alpha value is -4.91. The number of hydrogen-bond donors (Lipinski definition) is 1. The van der Waals surface area contributed by atoms with Gasteiger partial charge in [-0.2, -0.15) is 0 Å². The predicted octanol–water partition coefficient (Wildman–Crippen LogP) is 6.81. The molecule has 0 saturated heterocycles. The zero-order valence-corrected chi connectivity index (χ0v) is 22.5. The second-order valence-electron chi connectivity index (χ2n) is 9.39. The molecular weight excluding hydrogens is 507 g/mol. The minimum absolute atomic E-state index is 0.0220. The summed E-state index contributed by atoms with van der Waals surface area (Å²) < 4.78 is 26.0. The molecule has 1 heterocycles. The first kappa shape index (κ1) is 26.7. The fourth-order valence-corrected chi connectivity index (χ4v) is 4.72. The van der Waals surface area contributed by atoms with Gasteiger partial charge in [0.15, 0.2) is 11.5 Å². The molecule has 3 aromatic carbocycles. The third kappa shape index (κ3) is 5.45. The predicted molar refractivity (Wildman–Crippen MR) is 156 cm³/mol. The van der Waals surface area contributed by atoms with E-state index in [1.165, 1.54) is 29.8 Å². The number of anilines is 1. The number of allylic oxidation sites excluding steroid dienone is 4. The molecule has 1 aromatic heterocycles. The van der Waals surface area contributed by atoms with Crippen LogP contribution in [0.1, 0.15) is 34.8 Å². The van der Waals surface area contributed by atoms with Gasteiger partial charge in [-0.1, -0.05) is 42.5 Å². The van der Waals surface area contributed by atoms with Crippen LogP contribution in [0, 0.1) is 5.82 Å². The van der Waals surface area contributed by atoms with Crippen molar-refractivity contribution < 1.29 is 18.7 Å². The molecule has 1 amide bonds. The monoisotopic (exact) mass is 536 g/mol. The highest BCUT2D eigenvalue weighted by Crippen LogP contribution is 2.36. The van der Waals surface area contributed by atoms with E-state index < -0.39 is 17.2 Å². The number of carbonyl (C=O) groups is 1. The Labute approximate surface area is 232 Å². The van der Waals surface area contributed by atoms with Crippen LogP contribution in [-0.4, -0.2) is 24.7 Å². The lowest BCUT2D eigenvalue weighted by Crippen LogP contribution is -2.24. The number of aromatic nitrogens is 1. The van der Waals surface area contributed by atoms with Gasteiger partial charge in [-0.15, -0.1) is 0 Å². The third-order valence-corrected chi connectivity index (χ3v) is 6.95. The maximum atomic E-state index is 13.4. The lowest BCUT2D eigenvalue weighted by Gasteiger charge is -2.12. The molecule has 4 aromatic rings. The van der Waals surface area contributed by atoms with Crippen molar-refractivity contribution >= 4 is 22.7 Å². The minimum atomic E-state index is -0.500. The summed E-state index contributed by atoms with van der Waals surface area (Å²) in [6.45, 7) is 2.49. The molecule has 1 aliphatic rings. The number of rotatable bonds is 8. The molecular formula is C33H29FN2O4. The first-order valence-corrected chi connectivity index (χ1v) is 12.9. The van der Waals surface area contributed by atoms with Gasteiger partial charge in [0.2, 0.25) is 5.43 Å². The molecule has 0 bridgehead atoms. The largest absolute Gasteiger partial charge is 0.493 e. The van der Waals surface area contributed by atoms with E-state index in [9.17, 15) is 14.0 Å². The highest BCUT2D eigenvalue weighted by atomic mass is 19.1. The fraction of sp³-hybridized carbons (Fsp3) is 0.152. The maximum absolute atomic E-state index is 13.4. The Bertz CT molecular complexity index is 1680. The van der Waals surface area contributed by atoms with E-state index >= 15 is 0 Å². The highest BCUT2D eigenvalue weighted by Gasteiger charge is 2.17. The van der Waals surface area contributed by atoms with Gasteiger partial charge in [0.05, 0.1) is 14.2 Å². The zero-order valence-electron chi connectivity index (χ0n) is 22.5. The van der Waals surface area contributed by atoms with Gasteiger partial charge in [0, 0.05) is 30.2 Å². The van der Waals surface area contributed by atoms with Crippen LogP contribution >= 0.6 is 0 Å². The molecule has 0 unspecified atom stereocenters. The average Bonchev–Trinajstić information content (AvgIpc) is 3.48. The van der Waals surface area contributed by atoms with Gasteiger partial charge in [-0.3, -0.25) is 9.59 Å². The van der Waals surface area contributed by atoms with Crippen molar-refractivity contribution in [3.8, 4) is 22.6 Å². The van der Waals surface area contributed by atoms with Gasteiger partial charge >= 0.3 is 0 Å². The standard InChI is InChI=1S/C33H29FN2O4/c1-4-36-19-28(22-7-12-26(34)13-8-22)32(37)29(20-36)33(38)35-27-14-9-21(10-15-27)23-5-6-24(17-23)25-11-16-30(39-2)31(18-25)40-3/h5,7-20H,4,6H2,1-3H3,(H,35,38). The summed E-state index contributed by atoms with van der Waals surface area (Å²) in [7, 11) is 3.24. The van der Waals surface area contributed by atoms with E-state index in [0.29, 0.717) is 34.9 Å². The molecule has 0 radical (unpaired) electrons. The summed E-state index contributed by atoms with van der Waals surface area (Å²) in [4.78, 5) is 26.4. The molecule has 0 atom stereocenters. The first-order chi connectivity index (χ1) is 19.4. The first-order valence-electron chi connectivity index (χ1n) is 12.9. The quantitative estimate of drug-likeness (QED) is 0.268. The van der Waals surface area contributed by atoms with Crippen LogP contribution < -0.4 is 20.2 Å². The number of hydrogen-bond acceptors (Lipinski definition) is 4. The van der Waals surface area contributed by atoms with Gasteiger partial charge in [-0.25, -0.2) is 4.39 Å². The summed E-state index contributed by atoms with van der Waals surface area (Å²) in [6.07, 6.45) is 8.32. The minimum Gasteiger partial charge on any atom is -0.493 e. The molecule has 0 saturated carbocycles. The number of nitrogens with one attached hydrogen (secondary N) is 1. The van der Waals surface area contributed by atoms with Crippen molar-refractivity contribution in [2.24, 2.45) is 0 Å². The number of methoxy groups -OCH3 is 2. The molecule has 202 valence electrons. The average molecular weight is 537 g/mol. The number of ether oxygens (including phenoxy) is 2. The van der Waals surface area contributed by atoms with Crippen LogP contribution in [0.4, 0.5) is 10.1 Å². The van der Waals surface area contributed by atoms with E-state index in [2.05, 4.69) is 17.5 Å². The fourth-order valence-electron chi connectivity index (χ4n) is 4.72. The lowest BCUT2D eigenvalue weighted by molar-refractivity contribution is 0.102. The van der Waals surface area contributed by atoms with Crippen molar-refractivity contribution in [1.82, 2.24) is 4.57 Å². The van der Waals surface area contributed by atoms with Crippen LogP contribution in [0.5, 0.6) is 11.5 Å². The molecule has 1 N–H and O–H groups in total. The maximum Gasteiger partial charge on any atom is 0.261 e. The molecule has 6 nitrogen and oxygen atoms in total. The van der Waals surface area contributed by atoms with Gasteiger partial charge in [0.25, 0.3) is 5.91 Å². The number of halogens is 1. The number of amides is 1. The second-order valence-corrected chi connectivity index (χ2v) is 9.39. The van der Waals surface area contributed by atoms with Crippen molar-refractivity contribution in [3.05, 3.63) is 124 Å². The topological polar surface area (TPSA) is 69.6 Å². The Morgan fingerprint density at radius 2 is 1.57 bits per heavy atom. The molecule has 40 heavy (non-hydrogen) atoms. The van der Waals surface area contributed by atoms with Crippen LogP contribution in [0.2, 0.25) is 0 Å². The summed E-state index contributed by atoms with van der Waals surface area (Å²) in [6, 6.07) is 19.1. The van der Waals surface area contributed by atoms with E-state index in [0.717, 1.165) is 23.1 Å². The second kappa shape index (κ2) is 11.5. The summed E-state index contributed by atoms with van der Waals surface area (Å²) in [5.74, 6) is 0.479. The van der Waals surface area contributed by atoms with Crippen molar-refractivity contribution in [2.45, 2.75) is 19.9 Å². The normalized spacial score (nSPS) is 12.5. The van der Waals surface area contributed by atoms with Crippen LogP contribution in [0.3, 0.4) is 0 Å². The van der Waals surface area contributed by atoms with E-state index in [1.54, 1.807) is 31.2 Å². The summed E-state index contributed by atoms with van der Waals surface area (Å²) in [5, 5.41) is 2.84. The van der Waals surface area contributed by atoms with Crippen molar-refractivity contribution in [2.75, 3.05) is 19.5 Å². The van der Waals surface area contributed by atoms with E-state index in [1.807, 2.05) is 49.4 Å². The zero-order chi connectivity index (χ0) is 28.2. The van der Waals surface area contributed by atoms with Gasteiger partial charge in [0.1, 0.15) is 11.4 Å². The number of aryl methyl sites for hydroxylation is 1. The molecule has 5 rings (SSSR count). The highest BCUT2D eigenvalue weighted by molar-refractivity contribution is 6.04. The smallest absolute Gasteiger partial charge is 0.261 e. The Morgan fingerprint density at radius 3 is 2.25 bits per heavy atom. The van der Waals surface area contributed by atoms with E-state index in [-0.39, 0.29) is 5.56 Å². The summed E-state index contributed by atoms with van der Waals surface area (Å²) >= 11 is 0. The number of pyridine rings is 1. The van der Waals surface area contributed by atoms with E-state index in [4.69, 9.17) is 9.47 Å². The third-order valence-electron chi connectivity index (χ3n) is 6.95. The number of benzene rings is 3. The number of carbonyl (C=O) groups excluding carboxylic acids is 1. The molecule has 0 aliphatic heterocycles. The Kier molecular flexibility index (Phi) is 7.64. The number of nitrogens with zero attached hydrogens (tertiary/aromatic N) is 1. The van der Waals surface area contributed by atoms with Crippen molar-refractivity contribution in [1.29, 1.82) is 0 Å².